The van der Waals surface area contributed by atoms with Gasteiger partial charge in [0.05, 0.1) is 6.61 Å². The minimum absolute atomic E-state index is 0.182. The molecule has 282 valence electrons. The van der Waals surface area contributed by atoms with E-state index in [1.54, 1.807) is 0 Å². The zero-order valence-corrected chi connectivity index (χ0v) is 31.8. The van der Waals surface area contributed by atoms with Crippen LogP contribution in [-0.4, -0.2) is 41.0 Å². The van der Waals surface area contributed by atoms with Crippen LogP contribution in [0.2, 0.25) is 0 Å². The van der Waals surface area contributed by atoms with Gasteiger partial charge < -0.3 is 19.3 Å². The number of unbranched alkanes of at least 4 members (excludes halogenated alkanes) is 22. The van der Waals surface area contributed by atoms with Crippen LogP contribution in [0.15, 0.2) is 24.3 Å². The normalized spacial score (nSPS) is 12.7. The summed E-state index contributed by atoms with van der Waals surface area (Å²) in [7, 11) is -4.75. The maximum atomic E-state index is 12.4. The third kappa shape index (κ3) is 37.4. The highest BCUT2D eigenvalue weighted by Gasteiger charge is 2.22. The summed E-state index contributed by atoms with van der Waals surface area (Å²) in [4.78, 5) is 42.7. The second kappa shape index (κ2) is 35.4. The zero-order chi connectivity index (χ0) is 35.4. The average molecular weight is 701 g/mol. The summed E-state index contributed by atoms with van der Waals surface area (Å²) >= 11 is 0. The van der Waals surface area contributed by atoms with Crippen molar-refractivity contribution in [3.05, 3.63) is 24.3 Å². The summed E-state index contributed by atoms with van der Waals surface area (Å²) < 4.78 is 26.3. The van der Waals surface area contributed by atoms with E-state index in [4.69, 9.17) is 19.3 Å². The van der Waals surface area contributed by atoms with Gasteiger partial charge in [0.2, 0.25) is 0 Å². The number of ether oxygens (including phenoxy) is 2. The Bertz CT molecular complexity index is 838. The van der Waals surface area contributed by atoms with Crippen LogP contribution >= 0.6 is 7.82 Å². The molecule has 0 rings (SSSR count). The molecule has 2 N–H and O–H groups in total. The molecule has 0 amide bonds. The van der Waals surface area contributed by atoms with E-state index in [1.165, 1.54) is 103 Å². The van der Waals surface area contributed by atoms with Crippen molar-refractivity contribution in [2.45, 2.75) is 200 Å². The number of esters is 2. The van der Waals surface area contributed by atoms with E-state index < -0.39 is 32.5 Å². The van der Waals surface area contributed by atoms with E-state index >= 15 is 0 Å². The molecule has 9 heteroatoms. The fraction of sp³-hybridized carbons (Fsp3) is 0.846. The van der Waals surface area contributed by atoms with Gasteiger partial charge >= 0.3 is 19.8 Å². The second-order valence-corrected chi connectivity index (χ2v) is 14.5. The number of carbonyl (C=O) groups is 2. The molecule has 0 heterocycles. The van der Waals surface area contributed by atoms with Crippen molar-refractivity contribution >= 4 is 19.8 Å². The first kappa shape index (κ1) is 46.5. The Labute approximate surface area is 294 Å². The number of allylic oxidation sites excluding steroid dienone is 4. The highest BCUT2D eigenvalue weighted by atomic mass is 31.2. The first-order valence-electron chi connectivity index (χ1n) is 19.6. The SMILES string of the molecule is CCCCCCCC/C=C/CCCCCCCC(=O)OC[C@H](COP(=O)(O)O)OC(=O)CCCC/C=C/CCCCCCCCCCC. The van der Waals surface area contributed by atoms with Crippen LogP contribution in [0, 0.1) is 0 Å². The molecule has 0 saturated carbocycles. The van der Waals surface area contributed by atoms with Crippen LogP contribution in [0.25, 0.3) is 0 Å². The number of phosphoric ester groups is 1. The Morgan fingerprint density at radius 3 is 1.31 bits per heavy atom. The molecule has 0 aromatic heterocycles. The summed E-state index contributed by atoms with van der Waals surface area (Å²) in [6.07, 6.45) is 39.0. The van der Waals surface area contributed by atoms with Crippen LogP contribution in [0.5, 0.6) is 0 Å². The topological polar surface area (TPSA) is 119 Å². The summed E-state index contributed by atoms with van der Waals surface area (Å²) in [5, 5.41) is 0. The van der Waals surface area contributed by atoms with Crippen LogP contribution in [-0.2, 0) is 28.2 Å². The molecule has 0 aromatic carbocycles. The molecule has 0 aliphatic rings. The fourth-order valence-electron chi connectivity index (χ4n) is 5.48. The number of hydrogen-bond acceptors (Lipinski definition) is 6. The Morgan fingerprint density at radius 2 is 0.875 bits per heavy atom. The molecule has 0 radical (unpaired) electrons. The van der Waals surface area contributed by atoms with Crippen LogP contribution < -0.4 is 0 Å². The number of carbonyl (C=O) groups excluding carboxylic acids is 2. The van der Waals surface area contributed by atoms with Gasteiger partial charge in [-0.3, -0.25) is 14.1 Å². The van der Waals surface area contributed by atoms with E-state index in [-0.39, 0.29) is 19.4 Å². The quantitative estimate of drug-likeness (QED) is 0.0287. The summed E-state index contributed by atoms with van der Waals surface area (Å²) in [5.74, 6) is -0.916. The summed E-state index contributed by atoms with van der Waals surface area (Å²) in [5.41, 5.74) is 0. The van der Waals surface area contributed by atoms with Crippen LogP contribution in [0.4, 0.5) is 0 Å². The Balaban J connectivity index is 3.98. The van der Waals surface area contributed by atoms with Gasteiger partial charge in [-0.2, -0.15) is 0 Å². The molecule has 48 heavy (non-hydrogen) atoms. The van der Waals surface area contributed by atoms with E-state index in [9.17, 15) is 14.2 Å². The third-order valence-corrected chi connectivity index (χ3v) is 8.93. The molecule has 8 nitrogen and oxygen atoms in total. The van der Waals surface area contributed by atoms with Crippen molar-refractivity contribution in [2.75, 3.05) is 13.2 Å². The van der Waals surface area contributed by atoms with Crippen molar-refractivity contribution in [3.63, 3.8) is 0 Å². The molecule has 1 atom stereocenters. The van der Waals surface area contributed by atoms with Crippen molar-refractivity contribution in [3.8, 4) is 0 Å². The average Bonchev–Trinajstić information content (AvgIpc) is 3.05. The molecule has 0 bridgehead atoms. The van der Waals surface area contributed by atoms with Crippen molar-refractivity contribution in [1.82, 2.24) is 0 Å². The standard InChI is InChI=1S/C39H73O8P/c1-3-5-7-9-11-13-15-17-19-21-23-25-27-29-31-33-38(40)45-35-37(36-46-48(42,43)44)47-39(41)34-32-30-28-26-24-22-20-18-16-14-12-10-8-6-4-2/h17,19,24,26,37H,3-16,18,20-23,25,27-36H2,1-2H3,(H2,42,43,44)/b19-17+,26-24+/t37-/m1/s1. The van der Waals surface area contributed by atoms with Crippen LogP contribution in [0.3, 0.4) is 0 Å². The van der Waals surface area contributed by atoms with E-state index in [0.29, 0.717) is 12.8 Å². The maximum Gasteiger partial charge on any atom is 0.469 e. The molecule has 0 unspecified atom stereocenters. The fourth-order valence-corrected chi connectivity index (χ4v) is 5.84. The minimum Gasteiger partial charge on any atom is -0.462 e. The van der Waals surface area contributed by atoms with E-state index in [2.05, 4.69) is 42.7 Å². The second-order valence-electron chi connectivity index (χ2n) is 13.2. The van der Waals surface area contributed by atoms with Gasteiger partial charge in [-0.25, -0.2) is 4.57 Å². The van der Waals surface area contributed by atoms with Gasteiger partial charge in [-0.05, 0) is 64.2 Å². The summed E-state index contributed by atoms with van der Waals surface area (Å²) in [6, 6.07) is 0. The Kier molecular flexibility index (Phi) is 34.3. The van der Waals surface area contributed by atoms with Crippen LogP contribution in [0.1, 0.15) is 194 Å². The van der Waals surface area contributed by atoms with Gasteiger partial charge in [0.15, 0.2) is 6.10 Å². The van der Waals surface area contributed by atoms with Gasteiger partial charge in [-0.1, -0.05) is 141 Å². The van der Waals surface area contributed by atoms with Gasteiger partial charge in [0.25, 0.3) is 0 Å². The van der Waals surface area contributed by atoms with Gasteiger partial charge in [0.1, 0.15) is 6.61 Å². The number of rotatable bonds is 36. The molecular weight excluding hydrogens is 627 g/mol. The third-order valence-electron chi connectivity index (χ3n) is 8.44. The first-order chi connectivity index (χ1) is 23.3. The minimum atomic E-state index is -4.75. The molecule has 0 aromatic rings. The van der Waals surface area contributed by atoms with E-state index in [1.807, 2.05) is 0 Å². The predicted octanol–water partition coefficient (Wildman–Crippen LogP) is 11.6. The monoisotopic (exact) mass is 701 g/mol. The van der Waals surface area contributed by atoms with Gasteiger partial charge in [-0.15, -0.1) is 0 Å². The number of hydrogen-bond donors (Lipinski definition) is 2. The zero-order valence-electron chi connectivity index (χ0n) is 30.9. The largest absolute Gasteiger partial charge is 0.469 e. The van der Waals surface area contributed by atoms with Crippen molar-refractivity contribution in [1.29, 1.82) is 0 Å². The lowest BCUT2D eigenvalue weighted by atomic mass is 10.1. The number of phosphoric acid groups is 1. The maximum absolute atomic E-state index is 12.4. The molecule has 0 aliphatic carbocycles. The smallest absolute Gasteiger partial charge is 0.462 e. The molecular formula is C39H73O8P. The van der Waals surface area contributed by atoms with Crippen molar-refractivity contribution < 1.29 is 37.9 Å². The molecule has 0 aliphatic heterocycles. The molecule has 0 spiro atoms. The molecule has 0 fully saturated rings. The lowest BCUT2D eigenvalue weighted by molar-refractivity contribution is -0.161. The summed E-state index contributed by atoms with van der Waals surface area (Å²) in [6.45, 7) is 3.65. The van der Waals surface area contributed by atoms with E-state index in [0.717, 1.165) is 51.4 Å². The van der Waals surface area contributed by atoms with Crippen molar-refractivity contribution in [2.24, 2.45) is 0 Å². The Hall–Kier alpha value is -1.47. The first-order valence-corrected chi connectivity index (χ1v) is 21.2. The predicted molar refractivity (Wildman–Crippen MR) is 198 cm³/mol. The highest BCUT2D eigenvalue weighted by Crippen LogP contribution is 2.36. The lowest BCUT2D eigenvalue weighted by Gasteiger charge is -2.18. The molecule has 0 saturated heterocycles. The Morgan fingerprint density at radius 1 is 0.521 bits per heavy atom. The van der Waals surface area contributed by atoms with Gasteiger partial charge in [0, 0.05) is 12.8 Å². The lowest BCUT2D eigenvalue weighted by Crippen LogP contribution is -2.29. The highest BCUT2D eigenvalue weighted by molar-refractivity contribution is 7.46.